The molecule has 3 atom stereocenters. The minimum Gasteiger partial charge on any atom is -0.367 e. The zero-order valence-corrected chi connectivity index (χ0v) is 6.76. The van der Waals surface area contributed by atoms with Crippen LogP contribution < -0.4 is 5.32 Å². The molecule has 1 aliphatic heterocycles. The van der Waals surface area contributed by atoms with Crippen molar-refractivity contribution >= 4 is 0 Å². The lowest BCUT2D eigenvalue weighted by atomic mass is 10.1. The van der Waals surface area contributed by atoms with Crippen molar-refractivity contribution in [3.63, 3.8) is 0 Å². The first-order valence-corrected chi connectivity index (χ1v) is 3.59. The molecule has 0 amide bonds. The summed E-state index contributed by atoms with van der Waals surface area (Å²) in [4.78, 5) is 0. The third kappa shape index (κ3) is 1.48. The maximum atomic E-state index is 5.16. The Labute approximate surface area is 61.7 Å². The van der Waals surface area contributed by atoms with Gasteiger partial charge in [0.15, 0.2) is 0 Å². The molecule has 60 valence electrons. The van der Waals surface area contributed by atoms with Gasteiger partial charge in [-0.05, 0) is 12.3 Å². The summed E-state index contributed by atoms with van der Waals surface area (Å²) in [5, 5.41) is 3.20. The lowest BCUT2D eigenvalue weighted by Gasteiger charge is -2.12. The Hall–Kier alpha value is -0.120. The van der Waals surface area contributed by atoms with E-state index >= 15 is 0 Å². The van der Waals surface area contributed by atoms with Crippen molar-refractivity contribution in [2.45, 2.75) is 25.8 Å². The van der Waals surface area contributed by atoms with Gasteiger partial charge in [-0.2, -0.15) is 0 Å². The molecule has 1 aliphatic rings. The zero-order chi connectivity index (χ0) is 7.56. The Morgan fingerprint density at radius 1 is 1.30 bits per heavy atom. The Morgan fingerprint density at radius 2 is 2.00 bits per heavy atom. The Bertz CT molecular complexity index is 108. The molecule has 0 aromatic rings. The second-order valence-corrected chi connectivity index (χ2v) is 2.76. The molecule has 10 heavy (non-hydrogen) atoms. The van der Waals surface area contributed by atoms with E-state index in [2.05, 4.69) is 12.2 Å². The van der Waals surface area contributed by atoms with Crippen molar-refractivity contribution in [2.24, 2.45) is 5.92 Å². The van der Waals surface area contributed by atoms with Crippen LogP contribution in [0.2, 0.25) is 0 Å². The Morgan fingerprint density at radius 3 is 2.30 bits per heavy atom. The predicted octanol–water partition coefficient (Wildman–Crippen LogP) is 0.561. The summed E-state index contributed by atoms with van der Waals surface area (Å²) < 4.78 is 10.3. The zero-order valence-electron chi connectivity index (χ0n) is 6.76. The fourth-order valence-electron chi connectivity index (χ4n) is 1.34. The molecule has 0 bridgehead atoms. The van der Waals surface area contributed by atoms with E-state index < -0.39 is 0 Å². The van der Waals surface area contributed by atoms with Crippen LogP contribution in [0.5, 0.6) is 0 Å². The van der Waals surface area contributed by atoms with Crippen molar-refractivity contribution in [2.75, 3.05) is 14.2 Å². The first-order chi connectivity index (χ1) is 4.77. The third-order valence-corrected chi connectivity index (χ3v) is 1.99. The van der Waals surface area contributed by atoms with E-state index in [9.17, 15) is 0 Å². The number of ether oxygens (including phenoxy) is 2. The van der Waals surface area contributed by atoms with Gasteiger partial charge in [0.2, 0.25) is 0 Å². The van der Waals surface area contributed by atoms with Crippen molar-refractivity contribution in [1.29, 1.82) is 0 Å². The number of hydrogen-bond donors (Lipinski definition) is 1. The molecule has 0 aromatic heterocycles. The van der Waals surface area contributed by atoms with Crippen LogP contribution in [0.3, 0.4) is 0 Å². The van der Waals surface area contributed by atoms with Gasteiger partial charge in [0, 0.05) is 14.2 Å². The van der Waals surface area contributed by atoms with Crippen LogP contribution in [0.15, 0.2) is 0 Å². The highest BCUT2D eigenvalue weighted by Crippen LogP contribution is 2.19. The average Bonchev–Trinajstić information content (AvgIpc) is 2.30. The minimum atomic E-state index is 0.171. The highest BCUT2D eigenvalue weighted by Gasteiger charge is 2.29. The van der Waals surface area contributed by atoms with Crippen LogP contribution in [-0.4, -0.2) is 26.7 Å². The largest absolute Gasteiger partial charge is 0.367 e. The van der Waals surface area contributed by atoms with Crippen LogP contribution in [-0.2, 0) is 9.47 Å². The Balaban J connectivity index is 2.36. The van der Waals surface area contributed by atoms with E-state index in [1.54, 1.807) is 14.2 Å². The summed E-state index contributed by atoms with van der Waals surface area (Å²) in [7, 11) is 3.43. The molecular weight excluding hydrogens is 130 g/mol. The van der Waals surface area contributed by atoms with Crippen LogP contribution in [0.1, 0.15) is 13.3 Å². The summed E-state index contributed by atoms with van der Waals surface area (Å²) in [6.07, 6.45) is 1.39. The topological polar surface area (TPSA) is 30.5 Å². The maximum absolute atomic E-state index is 5.16. The highest BCUT2D eigenvalue weighted by atomic mass is 16.5. The van der Waals surface area contributed by atoms with E-state index in [1.807, 2.05) is 0 Å². The van der Waals surface area contributed by atoms with Gasteiger partial charge in [0.1, 0.15) is 12.5 Å². The van der Waals surface area contributed by atoms with Crippen LogP contribution in [0, 0.1) is 5.92 Å². The summed E-state index contributed by atoms with van der Waals surface area (Å²) in [5.74, 6) is 0.551. The molecule has 1 saturated heterocycles. The molecule has 3 nitrogen and oxygen atoms in total. The van der Waals surface area contributed by atoms with Crippen molar-refractivity contribution in [1.82, 2.24) is 5.32 Å². The summed E-state index contributed by atoms with van der Waals surface area (Å²) in [6.45, 7) is 2.15. The molecule has 1 rings (SSSR count). The SMILES string of the molecule is COC1CC(C)C(OC)N1. The standard InChI is InChI=1S/C7H15NO2/c1-5-4-6(9-2)8-7(5)10-3/h5-8H,4H2,1-3H3. The summed E-state index contributed by atoms with van der Waals surface area (Å²) >= 11 is 0. The summed E-state index contributed by atoms with van der Waals surface area (Å²) in [5.41, 5.74) is 0. The van der Waals surface area contributed by atoms with Gasteiger partial charge >= 0.3 is 0 Å². The van der Waals surface area contributed by atoms with Gasteiger partial charge in [-0.1, -0.05) is 6.92 Å². The van der Waals surface area contributed by atoms with Gasteiger partial charge < -0.3 is 9.47 Å². The second-order valence-electron chi connectivity index (χ2n) is 2.76. The average molecular weight is 145 g/mol. The van der Waals surface area contributed by atoms with Crippen molar-refractivity contribution < 1.29 is 9.47 Å². The third-order valence-electron chi connectivity index (χ3n) is 1.99. The smallest absolute Gasteiger partial charge is 0.112 e. The van der Waals surface area contributed by atoms with Crippen LogP contribution in [0.4, 0.5) is 0 Å². The lowest BCUT2D eigenvalue weighted by Crippen LogP contribution is -2.33. The van der Waals surface area contributed by atoms with E-state index in [4.69, 9.17) is 9.47 Å². The number of nitrogens with one attached hydrogen (secondary N) is 1. The Kier molecular flexibility index (Phi) is 2.65. The van der Waals surface area contributed by atoms with Crippen LogP contribution >= 0.6 is 0 Å². The predicted molar refractivity (Wildman–Crippen MR) is 38.5 cm³/mol. The quantitative estimate of drug-likeness (QED) is 0.616. The number of hydrogen-bond acceptors (Lipinski definition) is 3. The molecule has 0 radical (unpaired) electrons. The lowest BCUT2D eigenvalue weighted by molar-refractivity contribution is 0.0289. The molecule has 0 aliphatic carbocycles. The van der Waals surface area contributed by atoms with Crippen molar-refractivity contribution in [3.05, 3.63) is 0 Å². The maximum Gasteiger partial charge on any atom is 0.112 e. The molecule has 0 aromatic carbocycles. The van der Waals surface area contributed by atoms with Gasteiger partial charge in [0.05, 0.1) is 0 Å². The highest BCUT2D eigenvalue weighted by molar-refractivity contribution is 4.77. The van der Waals surface area contributed by atoms with Gasteiger partial charge in [-0.15, -0.1) is 0 Å². The van der Waals surface area contributed by atoms with Crippen molar-refractivity contribution in [3.8, 4) is 0 Å². The fourth-order valence-corrected chi connectivity index (χ4v) is 1.34. The van der Waals surface area contributed by atoms with Crippen LogP contribution in [0.25, 0.3) is 0 Å². The van der Waals surface area contributed by atoms with Gasteiger partial charge in [0.25, 0.3) is 0 Å². The summed E-state index contributed by atoms with van der Waals surface area (Å²) in [6, 6.07) is 0. The monoisotopic (exact) mass is 145 g/mol. The van der Waals surface area contributed by atoms with E-state index in [1.165, 1.54) is 0 Å². The van der Waals surface area contributed by atoms with E-state index in [0.717, 1.165) is 6.42 Å². The normalized spacial score (nSPS) is 40.5. The molecular formula is C7H15NO2. The van der Waals surface area contributed by atoms with Gasteiger partial charge in [-0.25, -0.2) is 0 Å². The molecule has 1 N–H and O–H groups in total. The molecule has 1 heterocycles. The molecule has 3 unspecified atom stereocenters. The number of methoxy groups -OCH3 is 2. The minimum absolute atomic E-state index is 0.171. The second kappa shape index (κ2) is 3.32. The molecule has 1 fully saturated rings. The first-order valence-electron chi connectivity index (χ1n) is 3.59. The molecule has 0 spiro atoms. The molecule has 3 heteroatoms. The van der Waals surface area contributed by atoms with E-state index in [-0.39, 0.29) is 12.5 Å². The number of rotatable bonds is 2. The fraction of sp³-hybridized carbons (Fsp3) is 1.00. The first kappa shape index (κ1) is 7.98. The molecule has 0 saturated carbocycles. The van der Waals surface area contributed by atoms with E-state index in [0.29, 0.717) is 5.92 Å². The van der Waals surface area contributed by atoms with Gasteiger partial charge in [-0.3, -0.25) is 5.32 Å².